The molecule has 0 saturated carbocycles. The molecule has 0 amide bonds. The van der Waals surface area contributed by atoms with Gasteiger partial charge in [-0.2, -0.15) is 0 Å². The van der Waals surface area contributed by atoms with Crippen LogP contribution in [0.25, 0.3) is 0 Å². The number of nitro benzene ring substituents is 1. The highest BCUT2D eigenvalue weighted by Crippen LogP contribution is 2.28. The van der Waals surface area contributed by atoms with E-state index >= 15 is 0 Å². The van der Waals surface area contributed by atoms with Gasteiger partial charge in [0.2, 0.25) is 0 Å². The van der Waals surface area contributed by atoms with Crippen LogP contribution in [0, 0.1) is 15.9 Å². The van der Waals surface area contributed by atoms with Crippen LogP contribution in [-0.4, -0.2) is 29.2 Å². The van der Waals surface area contributed by atoms with E-state index in [0.29, 0.717) is 6.07 Å². The summed E-state index contributed by atoms with van der Waals surface area (Å²) in [5.41, 5.74) is 4.86. The number of rotatable bonds is 5. The Kier molecular flexibility index (Phi) is 4.16. The minimum absolute atomic E-state index is 0.0408. The molecule has 0 aromatic heterocycles. The SMILES string of the molecule is COc1c(F)cc([N+](=O)[O-])cc1CC(N)C(=O)O. The Labute approximate surface area is 101 Å². The van der Waals surface area contributed by atoms with Gasteiger partial charge in [-0.25, -0.2) is 4.39 Å². The molecular formula is C10H11FN2O5. The molecule has 0 aliphatic rings. The van der Waals surface area contributed by atoms with Gasteiger partial charge in [-0.1, -0.05) is 0 Å². The van der Waals surface area contributed by atoms with E-state index in [1.165, 1.54) is 7.11 Å². The van der Waals surface area contributed by atoms with Crippen LogP contribution in [0.15, 0.2) is 12.1 Å². The molecule has 0 bridgehead atoms. The van der Waals surface area contributed by atoms with Gasteiger partial charge in [0.1, 0.15) is 6.04 Å². The number of methoxy groups -OCH3 is 1. The zero-order chi connectivity index (χ0) is 13.9. The predicted octanol–water partition coefficient (Wildman–Crippen LogP) is 0.697. The van der Waals surface area contributed by atoms with Crippen molar-refractivity contribution < 1.29 is 24.0 Å². The molecule has 0 aliphatic heterocycles. The van der Waals surface area contributed by atoms with Gasteiger partial charge in [0.15, 0.2) is 11.6 Å². The third-order valence-corrected chi connectivity index (χ3v) is 2.28. The summed E-state index contributed by atoms with van der Waals surface area (Å²) >= 11 is 0. The van der Waals surface area contributed by atoms with E-state index in [-0.39, 0.29) is 17.7 Å². The molecule has 0 heterocycles. The summed E-state index contributed by atoms with van der Waals surface area (Å²) in [6, 6.07) is 0.458. The van der Waals surface area contributed by atoms with Gasteiger partial charge in [0, 0.05) is 18.1 Å². The minimum atomic E-state index is -1.29. The van der Waals surface area contributed by atoms with Gasteiger partial charge >= 0.3 is 5.97 Å². The molecule has 1 aromatic rings. The first-order valence-electron chi connectivity index (χ1n) is 4.86. The second-order valence-electron chi connectivity index (χ2n) is 3.53. The Morgan fingerprint density at radius 3 is 2.72 bits per heavy atom. The molecule has 1 rings (SSSR count). The number of carbonyl (C=O) groups is 1. The maximum Gasteiger partial charge on any atom is 0.320 e. The molecule has 3 N–H and O–H groups in total. The van der Waals surface area contributed by atoms with Crippen LogP contribution in [-0.2, 0) is 11.2 Å². The first-order chi connectivity index (χ1) is 8.36. The largest absolute Gasteiger partial charge is 0.493 e. The molecule has 1 aromatic carbocycles. The molecule has 1 unspecified atom stereocenters. The van der Waals surface area contributed by atoms with Gasteiger partial charge in [-0.15, -0.1) is 0 Å². The lowest BCUT2D eigenvalue weighted by Gasteiger charge is -2.11. The first kappa shape index (κ1) is 13.8. The first-order valence-corrected chi connectivity index (χ1v) is 4.86. The standard InChI is InChI=1S/C10H11FN2O5/c1-18-9-5(3-8(12)10(14)15)2-6(13(16)17)4-7(9)11/h2,4,8H,3,12H2,1H3,(H,14,15). The van der Waals surface area contributed by atoms with E-state index in [9.17, 15) is 19.3 Å². The molecule has 98 valence electrons. The number of nitrogens with two attached hydrogens (primary N) is 1. The number of nitro groups is 1. The maximum atomic E-state index is 13.5. The highest BCUT2D eigenvalue weighted by Gasteiger charge is 2.21. The van der Waals surface area contributed by atoms with Gasteiger partial charge in [-0.05, 0) is 0 Å². The van der Waals surface area contributed by atoms with Crippen LogP contribution < -0.4 is 10.5 Å². The lowest BCUT2D eigenvalue weighted by molar-refractivity contribution is -0.385. The number of carboxylic acid groups (broad SMARTS) is 1. The Morgan fingerprint density at radius 1 is 1.67 bits per heavy atom. The van der Waals surface area contributed by atoms with Crippen LogP contribution in [0.1, 0.15) is 5.56 Å². The van der Waals surface area contributed by atoms with Crippen molar-refractivity contribution in [2.24, 2.45) is 5.73 Å². The highest BCUT2D eigenvalue weighted by atomic mass is 19.1. The number of benzene rings is 1. The summed E-state index contributed by atoms with van der Waals surface area (Å²) in [5, 5.41) is 19.2. The van der Waals surface area contributed by atoms with Crippen LogP contribution >= 0.6 is 0 Å². The molecular weight excluding hydrogens is 247 g/mol. The van der Waals surface area contributed by atoms with Crippen molar-refractivity contribution >= 4 is 11.7 Å². The van der Waals surface area contributed by atoms with Crippen LogP contribution in [0.3, 0.4) is 0 Å². The van der Waals surface area contributed by atoms with E-state index in [1.807, 2.05) is 0 Å². The Balaban J connectivity index is 3.22. The average molecular weight is 258 g/mol. The van der Waals surface area contributed by atoms with E-state index < -0.39 is 28.4 Å². The normalized spacial score (nSPS) is 11.9. The van der Waals surface area contributed by atoms with E-state index in [0.717, 1.165) is 6.07 Å². The van der Waals surface area contributed by atoms with Gasteiger partial charge in [0.05, 0.1) is 18.1 Å². The minimum Gasteiger partial charge on any atom is -0.493 e. The zero-order valence-electron chi connectivity index (χ0n) is 9.42. The fourth-order valence-electron chi connectivity index (χ4n) is 1.44. The summed E-state index contributed by atoms with van der Waals surface area (Å²) in [4.78, 5) is 20.4. The van der Waals surface area contributed by atoms with Crippen LogP contribution in [0.4, 0.5) is 10.1 Å². The Hall–Kier alpha value is -2.22. The van der Waals surface area contributed by atoms with Gasteiger partial charge in [0.25, 0.3) is 5.69 Å². The molecule has 0 fully saturated rings. The van der Waals surface area contributed by atoms with Gasteiger partial charge < -0.3 is 15.6 Å². The van der Waals surface area contributed by atoms with Crippen molar-refractivity contribution in [2.75, 3.05) is 7.11 Å². The highest BCUT2D eigenvalue weighted by molar-refractivity contribution is 5.73. The third-order valence-electron chi connectivity index (χ3n) is 2.28. The van der Waals surface area contributed by atoms with Crippen molar-refractivity contribution in [3.05, 3.63) is 33.6 Å². The van der Waals surface area contributed by atoms with Gasteiger partial charge in [-0.3, -0.25) is 14.9 Å². The summed E-state index contributed by atoms with van der Waals surface area (Å²) in [7, 11) is 1.18. The monoisotopic (exact) mass is 258 g/mol. The molecule has 18 heavy (non-hydrogen) atoms. The van der Waals surface area contributed by atoms with E-state index in [1.54, 1.807) is 0 Å². The Bertz CT molecular complexity index is 491. The molecule has 8 heteroatoms. The number of aliphatic carboxylic acids is 1. The number of carboxylic acids is 1. The second kappa shape index (κ2) is 5.41. The number of nitrogens with zero attached hydrogens (tertiary/aromatic N) is 1. The fraction of sp³-hybridized carbons (Fsp3) is 0.300. The molecule has 7 nitrogen and oxygen atoms in total. The molecule has 0 radical (unpaired) electrons. The molecule has 1 atom stereocenters. The number of hydrogen-bond acceptors (Lipinski definition) is 5. The summed E-state index contributed by atoms with van der Waals surface area (Å²) < 4.78 is 18.3. The fourth-order valence-corrected chi connectivity index (χ4v) is 1.44. The molecule has 0 saturated heterocycles. The lowest BCUT2D eigenvalue weighted by Crippen LogP contribution is -2.32. The van der Waals surface area contributed by atoms with E-state index in [4.69, 9.17) is 15.6 Å². The zero-order valence-corrected chi connectivity index (χ0v) is 9.42. The quantitative estimate of drug-likeness (QED) is 0.593. The smallest absolute Gasteiger partial charge is 0.320 e. The average Bonchev–Trinajstić information content (AvgIpc) is 2.28. The van der Waals surface area contributed by atoms with Crippen LogP contribution in [0.5, 0.6) is 5.75 Å². The third kappa shape index (κ3) is 2.92. The Morgan fingerprint density at radius 2 is 2.28 bits per heavy atom. The van der Waals surface area contributed by atoms with Crippen molar-refractivity contribution in [3.8, 4) is 5.75 Å². The number of hydrogen-bond donors (Lipinski definition) is 2. The number of non-ortho nitro benzene ring substituents is 1. The maximum absolute atomic E-state index is 13.5. The number of ether oxygens (including phenoxy) is 1. The van der Waals surface area contributed by atoms with Crippen molar-refractivity contribution in [2.45, 2.75) is 12.5 Å². The summed E-state index contributed by atoms with van der Waals surface area (Å²) in [6.45, 7) is 0. The molecule has 0 spiro atoms. The van der Waals surface area contributed by atoms with E-state index in [2.05, 4.69) is 0 Å². The molecule has 0 aliphatic carbocycles. The van der Waals surface area contributed by atoms with Crippen molar-refractivity contribution in [1.82, 2.24) is 0 Å². The summed E-state index contributed by atoms with van der Waals surface area (Å²) in [6.07, 6.45) is -0.267. The number of halogens is 1. The van der Waals surface area contributed by atoms with Crippen molar-refractivity contribution in [1.29, 1.82) is 0 Å². The topological polar surface area (TPSA) is 116 Å². The summed E-state index contributed by atoms with van der Waals surface area (Å²) in [5.74, 6) is -2.46. The predicted molar refractivity (Wildman–Crippen MR) is 58.9 cm³/mol. The van der Waals surface area contributed by atoms with Crippen molar-refractivity contribution in [3.63, 3.8) is 0 Å². The van der Waals surface area contributed by atoms with Crippen LogP contribution in [0.2, 0.25) is 0 Å². The lowest BCUT2D eigenvalue weighted by atomic mass is 10.0. The second-order valence-corrected chi connectivity index (χ2v) is 3.53.